The zero-order chi connectivity index (χ0) is 19.3. The lowest BCUT2D eigenvalue weighted by molar-refractivity contribution is -0.145. The Balaban J connectivity index is 2.36. The summed E-state index contributed by atoms with van der Waals surface area (Å²) in [5.74, 6) is -1.67. The molecule has 2 aromatic rings. The maximum Gasteiger partial charge on any atom is 0.323 e. The standard InChI is InChI=1S/C16H21N3O6S/c1-25-8-7-18(10-16(21)22)15(20)9-19-13-6-4-3-5-12(13)17-14(19)11-26(2,23)24/h3-6H,7-11H2,1-2H3,(H,21,22). The minimum atomic E-state index is -3.36. The molecule has 10 heteroatoms. The molecule has 1 heterocycles. The summed E-state index contributed by atoms with van der Waals surface area (Å²) in [6, 6.07) is 6.98. The van der Waals surface area contributed by atoms with Crippen LogP contribution in [0, 0.1) is 0 Å². The van der Waals surface area contributed by atoms with Gasteiger partial charge in [-0.05, 0) is 12.1 Å². The number of amides is 1. The second kappa shape index (κ2) is 8.28. The molecule has 0 atom stereocenters. The number of carbonyl (C=O) groups excluding carboxylic acids is 1. The number of nitrogens with zero attached hydrogens (tertiary/aromatic N) is 3. The fourth-order valence-corrected chi connectivity index (χ4v) is 3.23. The average molecular weight is 383 g/mol. The molecule has 142 valence electrons. The van der Waals surface area contributed by atoms with Gasteiger partial charge in [-0.25, -0.2) is 13.4 Å². The SMILES string of the molecule is COCCN(CC(=O)O)C(=O)Cn1c(CS(C)(=O)=O)nc2ccccc21. The van der Waals surface area contributed by atoms with Crippen molar-refractivity contribution in [2.75, 3.05) is 33.1 Å². The molecule has 9 nitrogen and oxygen atoms in total. The van der Waals surface area contributed by atoms with E-state index in [1.54, 1.807) is 24.3 Å². The molecule has 0 fully saturated rings. The Labute approximate surface area is 151 Å². The number of carboxylic acids is 1. The van der Waals surface area contributed by atoms with Crippen molar-refractivity contribution >= 4 is 32.7 Å². The topological polar surface area (TPSA) is 119 Å². The van der Waals surface area contributed by atoms with E-state index < -0.39 is 28.3 Å². The van der Waals surface area contributed by atoms with Crippen molar-refractivity contribution in [2.24, 2.45) is 0 Å². The third-order valence-electron chi connectivity index (χ3n) is 3.66. The highest BCUT2D eigenvalue weighted by Crippen LogP contribution is 2.18. The third-order valence-corrected chi connectivity index (χ3v) is 4.45. The number of sulfone groups is 1. The van der Waals surface area contributed by atoms with E-state index in [2.05, 4.69) is 4.98 Å². The Kier molecular flexibility index (Phi) is 6.32. The molecule has 0 spiro atoms. The Morgan fingerprint density at radius 3 is 2.62 bits per heavy atom. The van der Waals surface area contributed by atoms with E-state index in [4.69, 9.17) is 9.84 Å². The predicted molar refractivity (Wildman–Crippen MR) is 94.4 cm³/mol. The van der Waals surface area contributed by atoms with Crippen LogP contribution < -0.4 is 0 Å². The number of para-hydroxylation sites is 2. The van der Waals surface area contributed by atoms with Gasteiger partial charge in [-0.2, -0.15) is 0 Å². The maximum absolute atomic E-state index is 12.6. The van der Waals surface area contributed by atoms with E-state index in [0.29, 0.717) is 11.0 Å². The van der Waals surface area contributed by atoms with Gasteiger partial charge in [-0.15, -0.1) is 0 Å². The van der Waals surface area contributed by atoms with E-state index in [1.807, 2.05) is 0 Å². The first-order chi connectivity index (χ1) is 12.2. The van der Waals surface area contributed by atoms with Crippen LogP contribution in [-0.2, 0) is 36.5 Å². The molecule has 0 bridgehead atoms. The number of methoxy groups -OCH3 is 1. The van der Waals surface area contributed by atoms with E-state index in [-0.39, 0.29) is 31.3 Å². The first-order valence-corrected chi connectivity index (χ1v) is 9.87. The van der Waals surface area contributed by atoms with Gasteiger partial charge in [0.25, 0.3) is 0 Å². The number of carbonyl (C=O) groups is 2. The summed E-state index contributed by atoms with van der Waals surface area (Å²) >= 11 is 0. The minimum Gasteiger partial charge on any atom is -0.480 e. The quantitative estimate of drug-likeness (QED) is 0.654. The number of aromatic nitrogens is 2. The maximum atomic E-state index is 12.6. The van der Waals surface area contributed by atoms with Crippen LogP contribution in [0.3, 0.4) is 0 Å². The lowest BCUT2D eigenvalue weighted by Crippen LogP contribution is -2.40. The number of hydrogen-bond acceptors (Lipinski definition) is 6. The van der Waals surface area contributed by atoms with Gasteiger partial charge in [0.05, 0.1) is 17.6 Å². The zero-order valence-electron chi connectivity index (χ0n) is 14.6. The van der Waals surface area contributed by atoms with Crippen molar-refractivity contribution in [3.05, 3.63) is 30.1 Å². The summed E-state index contributed by atoms with van der Waals surface area (Å²) in [6.07, 6.45) is 1.09. The molecular formula is C16H21N3O6S. The van der Waals surface area contributed by atoms with Crippen LogP contribution in [0.1, 0.15) is 5.82 Å². The van der Waals surface area contributed by atoms with E-state index in [1.165, 1.54) is 11.7 Å². The summed E-state index contributed by atoms with van der Waals surface area (Å²) in [4.78, 5) is 29.1. The summed E-state index contributed by atoms with van der Waals surface area (Å²) in [5, 5.41) is 9.00. The molecule has 1 amide bonds. The van der Waals surface area contributed by atoms with Gasteiger partial charge in [0.1, 0.15) is 24.7 Å². The number of rotatable bonds is 9. The smallest absolute Gasteiger partial charge is 0.323 e. The molecule has 1 aromatic heterocycles. The van der Waals surface area contributed by atoms with Crippen LogP contribution in [0.4, 0.5) is 0 Å². The third kappa shape index (κ3) is 5.27. The molecule has 0 radical (unpaired) electrons. The van der Waals surface area contributed by atoms with Crippen LogP contribution >= 0.6 is 0 Å². The van der Waals surface area contributed by atoms with Crippen LogP contribution in [0.5, 0.6) is 0 Å². The highest BCUT2D eigenvalue weighted by atomic mass is 32.2. The Morgan fingerprint density at radius 2 is 2.00 bits per heavy atom. The Bertz CT molecular complexity index is 906. The first-order valence-electron chi connectivity index (χ1n) is 7.81. The van der Waals surface area contributed by atoms with Gasteiger partial charge < -0.3 is 19.3 Å². The second-order valence-corrected chi connectivity index (χ2v) is 8.01. The summed E-state index contributed by atoms with van der Waals surface area (Å²) in [5.41, 5.74) is 1.18. The minimum absolute atomic E-state index is 0.121. The molecule has 1 aromatic carbocycles. The second-order valence-electron chi connectivity index (χ2n) is 5.87. The number of aliphatic carboxylic acids is 1. The number of benzene rings is 1. The van der Waals surface area contributed by atoms with Crippen molar-refractivity contribution < 1.29 is 27.9 Å². The van der Waals surface area contributed by atoms with Crippen LogP contribution in [0.25, 0.3) is 11.0 Å². The van der Waals surface area contributed by atoms with Gasteiger partial charge >= 0.3 is 5.97 Å². The molecule has 26 heavy (non-hydrogen) atoms. The number of hydrogen-bond donors (Lipinski definition) is 1. The van der Waals surface area contributed by atoms with E-state index >= 15 is 0 Å². The monoisotopic (exact) mass is 383 g/mol. The van der Waals surface area contributed by atoms with Crippen molar-refractivity contribution in [2.45, 2.75) is 12.3 Å². The van der Waals surface area contributed by atoms with Crippen molar-refractivity contribution in [1.29, 1.82) is 0 Å². The van der Waals surface area contributed by atoms with Gasteiger partial charge in [0.2, 0.25) is 5.91 Å². The van der Waals surface area contributed by atoms with Crippen LogP contribution in [0.2, 0.25) is 0 Å². The van der Waals surface area contributed by atoms with Crippen LogP contribution in [-0.4, -0.2) is 72.9 Å². The fourth-order valence-electron chi connectivity index (χ4n) is 2.54. The van der Waals surface area contributed by atoms with Gasteiger partial charge in [-0.1, -0.05) is 12.1 Å². The van der Waals surface area contributed by atoms with Crippen molar-refractivity contribution in [3.8, 4) is 0 Å². The number of imidazole rings is 1. The normalized spacial score (nSPS) is 11.6. The Hall–Kier alpha value is -2.46. The molecule has 1 N–H and O–H groups in total. The van der Waals surface area contributed by atoms with Crippen LogP contribution in [0.15, 0.2) is 24.3 Å². The molecule has 0 unspecified atom stereocenters. The zero-order valence-corrected chi connectivity index (χ0v) is 15.4. The molecule has 0 aliphatic rings. The van der Waals surface area contributed by atoms with E-state index in [0.717, 1.165) is 11.2 Å². The average Bonchev–Trinajstić information content (AvgIpc) is 2.86. The first kappa shape index (κ1) is 19.9. The molecule has 0 aliphatic carbocycles. The fraction of sp³-hybridized carbons (Fsp3) is 0.438. The number of carboxylic acid groups (broad SMARTS) is 1. The van der Waals surface area contributed by atoms with Gasteiger partial charge in [-0.3, -0.25) is 9.59 Å². The summed E-state index contributed by atoms with van der Waals surface area (Å²) in [7, 11) is -1.90. The largest absolute Gasteiger partial charge is 0.480 e. The Morgan fingerprint density at radius 1 is 1.31 bits per heavy atom. The molecule has 0 aliphatic heterocycles. The molecular weight excluding hydrogens is 362 g/mol. The van der Waals surface area contributed by atoms with Crippen molar-refractivity contribution in [3.63, 3.8) is 0 Å². The summed E-state index contributed by atoms with van der Waals surface area (Å²) in [6.45, 7) is -0.353. The lowest BCUT2D eigenvalue weighted by atomic mass is 10.3. The van der Waals surface area contributed by atoms with Gasteiger partial charge in [0, 0.05) is 19.9 Å². The molecule has 0 saturated carbocycles. The van der Waals surface area contributed by atoms with Crippen molar-refractivity contribution in [1.82, 2.24) is 14.5 Å². The predicted octanol–water partition coefficient (Wildman–Crippen LogP) is 0.141. The summed E-state index contributed by atoms with van der Waals surface area (Å²) < 4.78 is 29.8. The number of ether oxygens (including phenoxy) is 1. The molecule has 0 saturated heterocycles. The van der Waals surface area contributed by atoms with E-state index in [9.17, 15) is 18.0 Å². The highest BCUT2D eigenvalue weighted by Gasteiger charge is 2.21. The number of fused-ring (bicyclic) bond motifs is 1. The highest BCUT2D eigenvalue weighted by molar-refractivity contribution is 7.89. The van der Waals surface area contributed by atoms with Gasteiger partial charge in [0.15, 0.2) is 9.84 Å². The molecule has 2 rings (SSSR count). The lowest BCUT2D eigenvalue weighted by Gasteiger charge is -2.21.